The topological polar surface area (TPSA) is 55.4 Å². The Labute approximate surface area is 86.0 Å². The third-order valence-electron chi connectivity index (χ3n) is 1.70. The summed E-state index contributed by atoms with van der Waals surface area (Å²) in [5.74, 6) is -1.60. The van der Waals surface area contributed by atoms with E-state index in [1.54, 1.807) is 0 Å². The number of carbonyl (C=O) groups is 2. The van der Waals surface area contributed by atoms with Gasteiger partial charge in [0, 0.05) is 6.92 Å². The van der Waals surface area contributed by atoms with Gasteiger partial charge in [0.25, 0.3) is 0 Å². The number of esters is 1. The second kappa shape index (κ2) is 4.54. The number of rotatable bonds is 2. The highest BCUT2D eigenvalue weighted by molar-refractivity contribution is 6.00. The molecule has 1 aromatic carbocycles. The number of nitrogens with one attached hydrogen (secondary N) is 1. The molecule has 1 rings (SSSR count). The normalized spacial score (nSPS) is 9.53. The summed E-state index contributed by atoms with van der Waals surface area (Å²) in [5, 5.41) is 2.41. The van der Waals surface area contributed by atoms with Crippen molar-refractivity contribution in [3.8, 4) is 0 Å². The second-order valence-electron chi connectivity index (χ2n) is 2.86. The lowest BCUT2D eigenvalue weighted by Crippen LogP contribution is -2.12. The predicted octanol–water partition coefficient (Wildman–Crippen LogP) is 1.57. The van der Waals surface area contributed by atoms with Crippen LogP contribution in [0.2, 0.25) is 0 Å². The van der Waals surface area contributed by atoms with Crippen molar-refractivity contribution in [3.63, 3.8) is 0 Å². The molecule has 0 heterocycles. The summed E-state index contributed by atoms with van der Waals surface area (Å²) in [6.45, 7) is 1.30. The largest absolute Gasteiger partial charge is 0.465 e. The standard InChI is InChI=1S/C10H10FNO3/c1-6(13)12-9-4-3-7(11)5-8(9)10(14)15-2/h3-5H,1-2H3,(H,12,13). The minimum atomic E-state index is -0.696. The Morgan fingerprint density at radius 2 is 2.07 bits per heavy atom. The van der Waals surface area contributed by atoms with E-state index in [0.717, 1.165) is 12.1 Å². The lowest BCUT2D eigenvalue weighted by molar-refractivity contribution is -0.114. The van der Waals surface area contributed by atoms with Gasteiger partial charge in [-0.05, 0) is 18.2 Å². The van der Waals surface area contributed by atoms with Gasteiger partial charge in [-0.3, -0.25) is 4.79 Å². The maximum atomic E-state index is 12.9. The van der Waals surface area contributed by atoms with Crippen LogP contribution in [-0.2, 0) is 9.53 Å². The fraction of sp³-hybridized carbons (Fsp3) is 0.200. The number of hydrogen-bond donors (Lipinski definition) is 1. The molecule has 5 heteroatoms. The first kappa shape index (κ1) is 11.2. The van der Waals surface area contributed by atoms with Crippen molar-refractivity contribution in [2.45, 2.75) is 6.92 Å². The fourth-order valence-corrected chi connectivity index (χ4v) is 1.09. The number of methoxy groups -OCH3 is 1. The van der Waals surface area contributed by atoms with Gasteiger partial charge in [0.15, 0.2) is 0 Å². The van der Waals surface area contributed by atoms with Gasteiger partial charge in [0.05, 0.1) is 18.4 Å². The van der Waals surface area contributed by atoms with Crippen molar-refractivity contribution >= 4 is 17.6 Å². The lowest BCUT2D eigenvalue weighted by atomic mass is 10.1. The number of carbonyl (C=O) groups excluding carboxylic acids is 2. The molecule has 0 spiro atoms. The third-order valence-corrected chi connectivity index (χ3v) is 1.70. The van der Waals surface area contributed by atoms with Gasteiger partial charge < -0.3 is 10.1 Å². The van der Waals surface area contributed by atoms with Gasteiger partial charge in [-0.15, -0.1) is 0 Å². The van der Waals surface area contributed by atoms with E-state index in [2.05, 4.69) is 10.1 Å². The van der Waals surface area contributed by atoms with Crippen LogP contribution >= 0.6 is 0 Å². The molecule has 15 heavy (non-hydrogen) atoms. The molecule has 0 unspecified atom stereocenters. The van der Waals surface area contributed by atoms with Crippen molar-refractivity contribution in [2.75, 3.05) is 12.4 Å². The van der Waals surface area contributed by atoms with Crippen LogP contribution in [0.4, 0.5) is 10.1 Å². The summed E-state index contributed by atoms with van der Waals surface area (Å²) in [6.07, 6.45) is 0. The van der Waals surface area contributed by atoms with Gasteiger partial charge in [-0.25, -0.2) is 9.18 Å². The highest BCUT2D eigenvalue weighted by atomic mass is 19.1. The van der Waals surface area contributed by atoms with Gasteiger partial charge >= 0.3 is 5.97 Å². The molecule has 0 aromatic heterocycles. The molecule has 0 atom stereocenters. The van der Waals surface area contributed by atoms with Crippen LogP contribution in [0.25, 0.3) is 0 Å². The van der Waals surface area contributed by atoms with Gasteiger partial charge in [-0.1, -0.05) is 0 Å². The number of hydrogen-bond acceptors (Lipinski definition) is 3. The first-order valence-corrected chi connectivity index (χ1v) is 4.20. The molecule has 80 valence electrons. The SMILES string of the molecule is COC(=O)c1cc(F)ccc1NC(C)=O. The summed E-state index contributed by atoms with van der Waals surface area (Å²) in [5.41, 5.74) is 0.225. The van der Waals surface area contributed by atoms with Crippen molar-refractivity contribution in [1.29, 1.82) is 0 Å². The van der Waals surface area contributed by atoms with Gasteiger partial charge in [-0.2, -0.15) is 0 Å². The Morgan fingerprint density at radius 1 is 1.40 bits per heavy atom. The highest BCUT2D eigenvalue weighted by Crippen LogP contribution is 2.17. The van der Waals surface area contributed by atoms with E-state index in [0.29, 0.717) is 0 Å². The Kier molecular flexibility index (Phi) is 3.38. The molecule has 1 N–H and O–H groups in total. The molecular formula is C10H10FNO3. The van der Waals surface area contributed by atoms with E-state index in [-0.39, 0.29) is 17.2 Å². The maximum absolute atomic E-state index is 12.9. The molecule has 0 aliphatic carbocycles. The maximum Gasteiger partial charge on any atom is 0.340 e. The molecule has 0 aliphatic rings. The van der Waals surface area contributed by atoms with E-state index in [1.807, 2.05) is 0 Å². The minimum absolute atomic E-state index is 0.00676. The van der Waals surface area contributed by atoms with E-state index in [9.17, 15) is 14.0 Å². The number of anilines is 1. The molecule has 0 aliphatic heterocycles. The van der Waals surface area contributed by atoms with Crippen LogP contribution in [0, 0.1) is 5.82 Å². The Morgan fingerprint density at radius 3 is 2.60 bits per heavy atom. The number of ether oxygens (including phenoxy) is 1. The van der Waals surface area contributed by atoms with Gasteiger partial charge in [0.2, 0.25) is 5.91 Å². The molecule has 0 bridgehead atoms. The Hall–Kier alpha value is -1.91. The van der Waals surface area contributed by atoms with Crippen LogP contribution in [0.15, 0.2) is 18.2 Å². The zero-order chi connectivity index (χ0) is 11.4. The number of amides is 1. The van der Waals surface area contributed by atoms with Crippen LogP contribution in [0.3, 0.4) is 0 Å². The smallest absolute Gasteiger partial charge is 0.340 e. The highest BCUT2D eigenvalue weighted by Gasteiger charge is 2.13. The summed E-state index contributed by atoms with van der Waals surface area (Å²) in [6, 6.07) is 3.47. The summed E-state index contributed by atoms with van der Waals surface area (Å²) >= 11 is 0. The monoisotopic (exact) mass is 211 g/mol. The first-order valence-electron chi connectivity index (χ1n) is 4.20. The average Bonchev–Trinajstić information content (AvgIpc) is 2.19. The van der Waals surface area contributed by atoms with E-state index >= 15 is 0 Å². The van der Waals surface area contributed by atoms with Crippen LogP contribution in [0.1, 0.15) is 17.3 Å². The molecule has 0 saturated heterocycles. The second-order valence-corrected chi connectivity index (χ2v) is 2.86. The van der Waals surface area contributed by atoms with Crippen molar-refractivity contribution in [1.82, 2.24) is 0 Å². The lowest BCUT2D eigenvalue weighted by Gasteiger charge is -2.07. The predicted molar refractivity (Wildman–Crippen MR) is 52.0 cm³/mol. The van der Waals surface area contributed by atoms with Gasteiger partial charge in [0.1, 0.15) is 5.82 Å². The summed E-state index contributed by atoms with van der Waals surface area (Å²) < 4.78 is 17.3. The Balaban J connectivity index is 3.14. The first-order chi connectivity index (χ1) is 7.04. The molecule has 0 fully saturated rings. The molecule has 1 aromatic rings. The van der Waals surface area contributed by atoms with E-state index in [1.165, 1.54) is 20.1 Å². The van der Waals surface area contributed by atoms with Crippen LogP contribution < -0.4 is 5.32 Å². The molecule has 0 radical (unpaired) electrons. The Bertz CT molecular complexity index is 404. The number of benzene rings is 1. The quantitative estimate of drug-likeness (QED) is 0.755. The fourth-order valence-electron chi connectivity index (χ4n) is 1.09. The molecular weight excluding hydrogens is 201 g/mol. The molecule has 4 nitrogen and oxygen atoms in total. The minimum Gasteiger partial charge on any atom is -0.465 e. The van der Waals surface area contributed by atoms with E-state index in [4.69, 9.17) is 0 Å². The van der Waals surface area contributed by atoms with Crippen LogP contribution in [0.5, 0.6) is 0 Å². The zero-order valence-corrected chi connectivity index (χ0v) is 8.33. The van der Waals surface area contributed by atoms with Crippen LogP contribution in [-0.4, -0.2) is 19.0 Å². The van der Waals surface area contributed by atoms with Crippen molar-refractivity contribution < 1.29 is 18.7 Å². The molecule has 1 amide bonds. The zero-order valence-electron chi connectivity index (χ0n) is 8.33. The average molecular weight is 211 g/mol. The number of halogens is 1. The van der Waals surface area contributed by atoms with Crippen molar-refractivity contribution in [2.24, 2.45) is 0 Å². The summed E-state index contributed by atoms with van der Waals surface area (Å²) in [4.78, 5) is 22.0. The third kappa shape index (κ3) is 2.77. The van der Waals surface area contributed by atoms with Crippen molar-refractivity contribution in [3.05, 3.63) is 29.6 Å². The molecule has 0 saturated carbocycles. The summed E-state index contributed by atoms with van der Waals surface area (Å²) in [7, 11) is 1.19. The van der Waals surface area contributed by atoms with E-state index < -0.39 is 11.8 Å².